The van der Waals surface area contributed by atoms with Crippen molar-refractivity contribution in [2.75, 3.05) is 6.61 Å². The highest BCUT2D eigenvalue weighted by molar-refractivity contribution is 5.36. The van der Waals surface area contributed by atoms with E-state index in [2.05, 4.69) is 83.3 Å². The molecule has 1 N–H and O–H groups in total. The Bertz CT molecular complexity index is 610. The number of ether oxygens (including phenoxy) is 1. The van der Waals surface area contributed by atoms with Crippen LogP contribution in [0.1, 0.15) is 119 Å². The van der Waals surface area contributed by atoms with Gasteiger partial charge in [0, 0.05) is 18.7 Å². The fourth-order valence-electron chi connectivity index (χ4n) is 4.58. The van der Waals surface area contributed by atoms with Gasteiger partial charge in [-0.15, -0.1) is 0 Å². The molecule has 0 spiro atoms. The molecule has 0 saturated carbocycles. The fraction of sp³-hybridized carbons (Fsp3) is 0.742. The van der Waals surface area contributed by atoms with Crippen molar-refractivity contribution >= 4 is 0 Å². The third kappa shape index (κ3) is 14.0. The van der Waals surface area contributed by atoms with Crippen LogP contribution in [0.5, 0.6) is 0 Å². The first-order valence-electron chi connectivity index (χ1n) is 13.8. The molecule has 2 atom stereocenters. The molecule has 0 amide bonds. The predicted molar refractivity (Wildman–Crippen MR) is 146 cm³/mol. The van der Waals surface area contributed by atoms with Gasteiger partial charge in [0.15, 0.2) is 0 Å². The quantitative estimate of drug-likeness (QED) is 0.235. The summed E-state index contributed by atoms with van der Waals surface area (Å²) in [5, 5.41) is 3.76. The second-order valence-corrected chi connectivity index (χ2v) is 12.4. The summed E-state index contributed by atoms with van der Waals surface area (Å²) in [5.74, 6) is 0. The number of hydrogen-bond donors (Lipinski definition) is 1. The lowest BCUT2D eigenvalue weighted by Crippen LogP contribution is -2.31. The third-order valence-electron chi connectivity index (χ3n) is 6.49. The van der Waals surface area contributed by atoms with E-state index < -0.39 is 0 Å². The Labute approximate surface area is 206 Å². The van der Waals surface area contributed by atoms with Gasteiger partial charge >= 0.3 is 0 Å². The van der Waals surface area contributed by atoms with Crippen molar-refractivity contribution in [3.63, 3.8) is 0 Å². The smallest absolute Gasteiger partial charge is 0.0598 e. The summed E-state index contributed by atoms with van der Waals surface area (Å²) in [5.41, 5.74) is 3.51. The molecule has 2 aliphatic rings. The molecule has 0 aromatic carbocycles. The summed E-state index contributed by atoms with van der Waals surface area (Å²) in [7, 11) is 0. The van der Waals surface area contributed by atoms with Crippen LogP contribution in [-0.2, 0) is 4.74 Å². The molecule has 0 radical (unpaired) electrons. The van der Waals surface area contributed by atoms with E-state index in [4.69, 9.17) is 4.74 Å². The first-order chi connectivity index (χ1) is 15.6. The Morgan fingerprint density at radius 2 is 1.15 bits per heavy atom. The second kappa shape index (κ2) is 14.3. The molecule has 2 heteroatoms. The Balaban J connectivity index is 1.51. The maximum absolute atomic E-state index is 5.80. The van der Waals surface area contributed by atoms with Crippen molar-refractivity contribution in [1.29, 1.82) is 0 Å². The molecular weight excluding hydrogens is 402 g/mol. The van der Waals surface area contributed by atoms with Crippen LogP contribution in [0.25, 0.3) is 0 Å². The molecule has 2 rings (SSSR count). The molecule has 2 aliphatic carbocycles. The van der Waals surface area contributed by atoms with Crippen LogP contribution in [0, 0.1) is 5.41 Å². The largest absolute Gasteiger partial charge is 0.376 e. The zero-order valence-electron chi connectivity index (χ0n) is 22.7. The van der Waals surface area contributed by atoms with Crippen molar-refractivity contribution in [1.82, 2.24) is 5.32 Å². The minimum absolute atomic E-state index is 0.00232. The third-order valence-corrected chi connectivity index (χ3v) is 6.49. The van der Waals surface area contributed by atoms with E-state index in [1.54, 1.807) is 0 Å². The van der Waals surface area contributed by atoms with E-state index in [1.165, 1.54) is 88.2 Å². The van der Waals surface area contributed by atoms with Gasteiger partial charge in [-0.25, -0.2) is 0 Å². The maximum atomic E-state index is 5.80. The van der Waals surface area contributed by atoms with Gasteiger partial charge in [0.1, 0.15) is 0 Å². The summed E-state index contributed by atoms with van der Waals surface area (Å²) in [4.78, 5) is 0. The lowest BCUT2D eigenvalue weighted by atomic mass is 9.89. The van der Waals surface area contributed by atoms with Crippen molar-refractivity contribution in [3.05, 3.63) is 47.6 Å². The van der Waals surface area contributed by atoms with Crippen LogP contribution in [0.15, 0.2) is 47.6 Å². The predicted octanol–water partition coefficient (Wildman–Crippen LogP) is 8.85. The van der Waals surface area contributed by atoms with Crippen LogP contribution in [-0.4, -0.2) is 24.3 Å². The second-order valence-electron chi connectivity index (χ2n) is 12.4. The van der Waals surface area contributed by atoms with Crippen LogP contribution < -0.4 is 5.32 Å². The topological polar surface area (TPSA) is 21.3 Å². The average molecular weight is 456 g/mol. The van der Waals surface area contributed by atoms with Crippen molar-refractivity contribution in [2.45, 2.75) is 136 Å². The van der Waals surface area contributed by atoms with Gasteiger partial charge in [-0.05, 0) is 64.7 Å². The van der Waals surface area contributed by atoms with Gasteiger partial charge < -0.3 is 4.74 Å². The molecule has 2 unspecified atom stereocenters. The monoisotopic (exact) mass is 455 g/mol. The highest BCUT2D eigenvalue weighted by Gasteiger charge is 2.15. The van der Waals surface area contributed by atoms with E-state index in [0.717, 1.165) is 6.61 Å². The van der Waals surface area contributed by atoms with Gasteiger partial charge in [-0.2, -0.15) is 0 Å². The van der Waals surface area contributed by atoms with Crippen molar-refractivity contribution in [2.24, 2.45) is 5.41 Å². The lowest BCUT2D eigenvalue weighted by Gasteiger charge is -2.19. The van der Waals surface area contributed by atoms with Gasteiger partial charge in [-0.1, -0.05) is 107 Å². The summed E-state index contributed by atoms with van der Waals surface area (Å²) < 4.78 is 5.80. The molecule has 0 heterocycles. The first kappa shape index (κ1) is 28.1. The van der Waals surface area contributed by atoms with Gasteiger partial charge in [0.25, 0.3) is 0 Å². The number of nitrogens with one attached hydrogen (secondary N) is 1. The molecule has 0 fully saturated rings. The fourth-order valence-corrected chi connectivity index (χ4v) is 4.58. The van der Waals surface area contributed by atoms with Crippen LogP contribution >= 0.6 is 0 Å². The standard InChI is InChI=1S/C31H53NO/c1-30(2,3)22-14-10-7-8-12-16-26-18-20-28(24-26)32-29-21-19-27(25-29)17-13-9-11-15-23-33-31(4,5)6/h18-21,24-25,28-29,32H,7-17,22-23H2,1-6H3. The molecule has 0 aliphatic heterocycles. The number of rotatable bonds is 16. The first-order valence-corrected chi connectivity index (χ1v) is 13.8. The van der Waals surface area contributed by atoms with Gasteiger partial charge in [-0.3, -0.25) is 5.32 Å². The summed E-state index contributed by atoms with van der Waals surface area (Å²) >= 11 is 0. The van der Waals surface area contributed by atoms with E-state index in [1.807, 2.05) is 0 Å². The molecule has 0 aromatic rings. The molecule has 0 saturated heterocycles. The maximum Gasteiger partial charge on any atom is 0.0598 e. The summed E-state index contributed by atoms with van der Waals surface area (Å²) in [6.07, 6.45) is 29.8. The molecule has 0 aromatic heterocycles. The Morgan fingerprint density at radius 3 is 1.67 bits per heavy atom. The Hall–Kier alpha value is -1.12. The summed E-state index contributed by atoms with van der Waals surface area (Å²) in [6.45, 7) is 14.3. The zero-order chi connectivity index (χ0) is 24.2. The lowest BCUT2D eigenvalue weighted by molar-refractivity contribution is -0.00473. The zero-order valence-corrected chi connectivity index (χ0v) is 22.7. The van der Waals surface area contributed by atoms with E-state index in [9.17, 15) is 0 Å². The molecule has 0 bridgehead atoms. The van der Waals surface area contributed by atoms with Crippen molar-refractivity contribution < 1.29 is 4.74 Å². The number of allylic oxidation sites excluding steroid dienone is 4. The van der Waals surface area contributed by atoms with E-state index in [-0.39, 0.29) is 5.60 Å². The molecule has 2 nitrogen and oxygen atoms in total. The minimum Gasteiger partial charge on any atom is -0.376 e. The normalized spacial score (nSPS) is 20.5. The average Bonchev–Trinajstić information content (AvgIpc) is 3.34. The van der Waals surface area contributed by atoms with Crippen molar-refractivity contribution in [3.8, 4) is 0 Å². The number of unbranched alkanes of at least 4 members (excludes halogenated alkanes) is 7. The van der Waals surface area contributed by atoms with Crippen LogP contribution in [0.2, 0.25) is 0 Å². The Morgan fingerprint density at radius 1 is 0.667 bits per heavy atom. The van der Waals surface area contributed by atoms with Crippen LogP contribution in [0.4, 0.5) is 0 Å². The van der Waals surface area contributed by atoms with Gasteiger partial charge in [0.05, 0.1) is 5.60 Å². The van der Waals surface area contributed by atoms with E-state index in [0.29, 0.717) is 17.5 Å². The molecule has 33 heavy (non-hydrogen) atoms. The summed E-state index contributed by atoms with van der Waals surface area (Å²) in [6, 6.07) is 0.771. The molecular formula is C31H53NO. The SMILES string of the molecule is CC(C)(C)CCCCCCCC1=CC(NC2C=CC(CCCCCCOC(C)(C)C)=C2)C=C1. The number of hydrogen-bond acceptors (Lipinski definition) is 2. The molecule has 188 valence electrons. The van der Waals surface area contributed by atoms with E-state index >= 15 is 0 Å². The highest BCUT2D eigenvalue weighted by atomic mass is 16.5. The Kier molecular flexibility index (Phi) is 12.2. The highest BCUT2D eigenvalue weighted by Crippen LogP contribution is 2.24. The van der Waals surface area contributed by atoms with Crippen LogP contribution in [0.3, 0.4) is 0 Å². The minimum atomic E-state index is -0.00232. The van der Waals surface area contributed by atoms with Gasteiger partial charge in [0.2, 0.25) is 0 Å².